The van der Waals surface area contributed by atoms with E-state index in [0.29, 0.717) is 6.54 Å². The highest BCUT2D eigenvalue weighted by Gasteiger charge is 2.29. The van der Waals surface area contributed by atoms with Gasteiger partial charge in [-0.25, -0.2) is 0 Å². The molecule has 2 nitrogen and oxygen atoms in total. The summed E-state index contributed by atoms with van der Waals surface area (Å²) in [6.45, 7) is 4.69. The first-order valence-electron chi connectivity index (χ1n) is 4.26. The smallest absolute Gasteiger partial charge is 0.371 e. The van der Waals surface area contributed by atoms with E-state index in [1.165, 1.54) is 0 Å². The molecule has 0 aliphatic heterocycles. The Labute approximate surface area is 82.1 Å². The highest BCUT2D eigenvalue weighted by molar-refractivity contribution is 4.92. The first kappa shape index (κ1) is 13.4. The monoisotopic (exact) mass is 211 g/mol. The van der Waals surface area contributed by atoms with E-state index in [9.17, 15) is 13.2 Å². The quantitative estimate of drug-likeness (QED) is 0.678. The van der Waals surface area contributed by atoms with E-state index >= 15 is 0 Å². The van der Waals surface area contributed by atoms with E-state index in [4.69, 9.17) is 0 Å². The Morgan fingerprint density at radius 3 is 2.29 bits per heavy atom. The summed E-state index contributed by atoms with van der Waals surface area (Å²) in [5, 5.41) is 2.87. The zero-order valence-corrected chi connectivity index (χ0v) is 8.45. The highest BCUT2D eigenvalue weighted by Crippen LogP contribution is 2.20. The summed E-state index contributed by atoms with van der Waals surface area (Å²) in [7, 11) is 1.73. The van der Waals surface area contributed by atoms with Gasteiger partial charge in [0.05, 0.1) is 6.61 Å². The molecule has 0 bridgehead atoms. The number of alkyl halides is 3. The minimum Gasteiger partial charge on any atom is -0.371 e. The van der Waals surface area contributed by atoms with E-state index in [0.717, 1.165) is 0 Å². The van der Waals surface area contributed by atoms with Gasteiger partial charge in [-0.05, 0) is 7.05 Å². The molecule has 0 heterocycles. The predicted molar refractivity (Wildman–Crippen MR) is 49.1 cm³/mol. The summed E-state index contributed by atoms with van der Waals surface area (Å²) in [6, 6.07) is 0. The molecule has 0 spiro atoms. The lowest BCUT2D eigenvalue weighted by atomic mass is 9.92. The van der Waals surface area contributed by atoms with Gasteiger partial charge in [-0.3, -0.25) is 0 Å². The third-order valence-electron chi connectivity index (χ3n) is 1.77. The lowest BCUT2D eigenvalue weighted by molar-refractivity contribution is -0.178. The second kappa shape index (κ2) is 5.36. The molecule has 0 aliphatic carbocycles. The number of halogens is 3. The fourth-order valence-corrected chi connectivity index (χ4v) is 0.986. The molecule has 14 heavy (non-hydrogen) atoms. The average molecular weight is 211 g/mol. The first-order chi connectivity index (χ1) is 6.33. The van der Waals surface area contributed by atoms with Crippen molar-refractivity contribution in [1.82, 2.24) is 5.32 Å². The van der Waals surface area contributed by atoms with Crippen LogP contribution in [0.5, 0.6) is 0 Å². The van der Waals surface area contributed by atoms with Crippen LogP contribution in [0.1, 0.15) is 6.92 Å². The van der Waals surface area contributed by atoms with Gasteiger partial charge < -0.3 is 10.1 Å². The summed E-state index contributed by atoms with van der Waals surface area (Å²) < 4.78 is 39.8. The van der Waals surface area contributed by atoms with Crippen LogP contribution in [0.3, 0.4) is 0 Å². The third-order valence-corrected chi connectivity index (χ3v) is 1.77. The van der Waals surface area contributed by atoms with Crippen molar-refractivity contribution in [2.45, 2.75) is 13.1 Å². The van der Waals surface area contributed by atoms with Gasteiger partial charge in [-0.2, -0.15) is 13.2 Å². The standard InChI is InChI=1S/C9H16F3NO/c1-4-8(2,5-13-3)6-14-7-9(10,11)12/h4,13H,1,5-7H2,2-3H3. The van der Waals surface area contributed by atoms with E-state index in [2.05, 4.69) is 16.6 Å². The molecule has 1 atom stereocenters. The van der Waals surface area contributed by atoms with Crippen molar-refractivity contribution < 1.29 is 17.9 Å². The Kier molecular flexibility index (Phi) is 5.15. The van der Waals surface area contributed by atoms with Crippen LogP contribution in [0.25, 0.3) is 0 Å². The maximum Gasteiger partial charge on any atom is 0.411 e. The largest absolute Gasteiger partial charge is 0.411 e. The Morgan fingerprint density at radius 2 is 1.93 bits per heavy atom. The van der Waals surface area contributed by atoms with Gasteiger partial charge in [0.1, 0.15) is 6.61 Å². The van der Waals surface area contributed by atoms with Crippen LogP contribution < -0.4 is 5.32 Å². The Balaban J connectivity index is 3.90. The van der Waals surface area contributed by atoms with E-state index in [-0.39, 0.29) is 6.61 Å². The normalized spacial score (nSPS) is 16.4. The highest BCUT2D eigenvalue weighted by atomic mass is 19.4. The molecule has 0 saturated heterocycles. The molecule has 0 rings (SSSR count). The summed E-state index contributed by atoms with van der Waals surface area (Å²) >= 11 is 0. The van der Waals surface area contributed by atoms with Crippen molar-refractivity contribution in [2.24, 2.45) is 5.41 Å². The molecule has 84 valence electrons. The average Bonchev–Trinajstić information content (AvgIpc) is 2.02. The minimum absolute atomic E-state index is 0.0108. The zero-order valence-electron chi connectivity index (χ0n) is 8.45. The molecule has 0 radical (unpaired) electrons. The maximum absolute atomic E-state index is 11.8. The second-order valence-electron chi connectivity index (χ2n) is 3.50. The molecule has 0 fully saturated rings. The van der Waals surface area contributed by atoms with Crippen LogP contribution >= 0.6 is 0 Å². The molecule has 5 heteroatoms. The molecule has 0 aromatic carbocycles. The number of ether oxygens (including phenoxy) is 1. The van der Waals surface area contributed by atoms with Gasteiger partial charge in [0, 0.05) is 12.0 Å². The summed E-state index contributed by atoms with van der Waals surface area (Å²) in [4.78, 5) is 0. The van der Waals surface area contributed by atoms with Crippen LogP contribution in [-0.4, -0.2) is 33.0 Å². The predicted octanol–water partition coefficient (Wildman–Crippen LogP) is 1.98. The van der Waals surface area contributed by atoms with E-state index in [1.54, 1.807) is 20.0 Å². The Bertz CT molecular complexity index is 181. The molecule has 0 aromatic rings. The number of rotatable bonds is 6. The van der Waals surface area contributed by atoms with Gasteiger partial charge in [0.25, 0.3) is 0 Å². The molecule has 0 aliphatic rings. The summed E-state index contributed by atoms with van der Waals surface area (Å²) in [6.07, 6.45) is -2.67. The Hall–Kier alpha value is -0.550. The lowest BCUT2D eigenvalue weighted by Gasteiger charge is -2.25. The van der Waals surface area contributed by atoms with Crippen molar-refractivity contribution in [3.8, 4) is 0 Å². The van der Waals surface area contributed by atoms with Crippen LogP contribution in [0.4, 0.5) is 13.2 Å². The topological polar surface area (TPSA) is 21.3 Å². The van der Waals surface area contributed by atoms with Crippen LogP contribution in [0.15, 0.2) is 12.7 Å². The van der Waals surface area contributed by atoms with Crippen molar-refractivity contribution >= 4 is 0 Å². The molecule has 1 unspecified atom stereocenters. The van der Waals surface area contributed by atoms with Crippen molar-refractivity contribution in [3.63, 3.8) is 0 Å². The van der Waals surface area contributed by atoms with E-state index < -0.39 is 18.2 Å². The van der Waals surface area contributed by atoms with Gasteiger partial charge >= 0.3 is 6.18 Å². The zero-order chi connectivity index (χ0) is 11.2. The Morgan fingerprint density at radius 1 is 1.36 bits per heavy atom. The van der Waals surface area contributed by atoms with Gasteiger partial charge in [0.15, 0.2) is 0 Å². The number of nitrogens with one attached hydrogen (secondary N) is 1. The number of hydrogen-bond acceptors (Lipinski definition) is 2. The van der Waals surface area contributed by atoms with Gasteiger partial charge in [0.2, 0.25) is 0 Å². The number of hydrogen-bond donors (Lipinski definition) is 1. The minimum atomic E-state index is -4.26. The first-order valence-corrected chi connectivity index (χ1v) is 4.26. The van der Waals surface area contributed by atoms with Crippen LogP contribution in [0, 0.1) is 5.41 Å². The fraction of sp³-hybridized carbons (Fsp3) is 0.778. The van der Waals surface area contributed by atoms with Crippen molar-refractivity contribution in [2.75, 3.05) is 26.8 Å². The van der Waals surface area contributed by atoms with Crippen molar-refractivity contribution in [1.29, 1.82) is 0 Å². The molecule has 0 saturated carbocycles. The van der Waals surface area contributed by atoms with Crippen LogP contribution in [-0.2, 0) is 4.74 Å². The molecule has 0 aromatic heterocycles. The molecular weight excluding hydrogens is 195 g/mol. The van der Waals surface area contributed by atoms with Gasteiger partial charge in [-0.1, -0.05) is 13.0 Å². The second-order valence-corrected chi connectivity index (χ2v) is 3.50. The van der Waals surface area contributed by atoms with Crippen molar-refractivity contribution in [3.05, 3.63) is 12.7 Å². The third kappa shape index (κ3) is 5.99. The SMILES string of the molecule is C=CC(C)(CNC)COCC(F)(F)F. The molecule has 1 N–H and O–H groups in total. The fourth-order valence-electron chi connectivity index (χ4n) is 0.986. The molecular formula is C9H16F3NO. The van der Waals surface area contributed by atoms with E-state index in [1.807, 2.05) is 0 Å². The lowest BCUT2D eigenvalue weighted by Crippen LogP contribution is -2.33. The molecule has 0 amide bonds. The summed E-state index contributed by atoms with van der Waals surface area (Å²) in [5.74, 6) is 0. The maximum atomic E-state index is 11.8. The van der Waals surface area contributed by atoms with Crippen LogP contribution in [0.2, 0.25) is 0 Å². The summed E-state index contributed by atoms with van der Waals surface area (Å²) in [5.41, 5.74) is -0.458. The van der Waals surface area contributed by atoms with Gasteiger partial charge in [-0.15, -0.1) is 6.58 Å².